The Bertz CT molecular complexity index is 866. The van der Waals surface area contributed by atoms with Gasteiger partial charge in [0.1, 0.15) is 23.5 Å². The zero-order valence-corrected chi connectivity index (χ0v) is 13.7. The minimum atomic E-state index is -0.0432. The molecule has 0 atom stereocenters. The van der Waals surface area contributed by atoms with Crippen LogP contribution in [0.25, 0.3) is 5.82 Å². The number of carbonyl (C=O) groups is 1. The lowest BCUT2D eigenvalue weighted by Gasteiger charge is -2.35. The first kappa shape index (κ1) is 15.3. The Hall–Kier alpha value is -3.23. The minimum absolute atomic E-state index is 0.0432. The summed E-state index contributed by atoms with van der Waals surface area (Å²) in [6, 6.07) is 3.74. The molecule has 9 nitrogen and oxygen atoms in total. The lowest BCUT2D eigenvalue weighted by molar-refractivity contribution is 0.0744. The second-order valence-corrected chi connectivity index (χ2v) is 5.76. The Labute approximate surface area is 143 Å². The maximum absolute atomic E-state index is 12.5. The third-order valence-corrected chi connectivity index (χ3v) is 4.25. The molecule has 0 bridgehead atoms. The van der Waals surface area contributed by atoms with Gasteiger partial charge >= 0.3 is 0 Å². The molecule has 1 fully saturated rings. The van der Waals surface area contributed by atoms with Gasteiger partial charge < -0.3 is 14.3 Å². The monoisotopic (exact) mass is 339 g/mol. The molecule has 0 spiro atoms. The summed E-state index contributed by atoms with van der Waals surface area (Å²) in [6.07, 6.45) is 6.55. The number of amides is 1. The summed E-state index contributed by atoms with van der Waals surface area (Å²) >= 11 is 0. The first-order valence-electron chi connectivity index (χ1n) is 8.00. The van der Waals surface area contributed by atoms with Gasteiger partial charge in [-0.3, -0.25) is 4.79 Å². The lowest BCUT2D eigenvalue weighted by Crippen LogP contribution is -2.49. The number of nitrogens with zero attached hydrogens (tertiary/aromatic N) is 7. The highest BCUT2D eigenvalue weighted by Gasteiger charge is 2.25. The predicted octanol–water partition coefficient (Wildman–Crippen LogP) is 0.921. The van der Waals surface area contributed by atoms with Crippen LogP contribution >= 0.6 is 0 Å². The van der Waals surface area contributed by atoms with Crippen LogP contribution in [0.5, 0.6) is 0 Å². The fraction of sp³-hybridized carbons (Fsp3) is 0.312. The van der Waals surface area contributed by atoms with Gasteiger partial charge in [-0.05, 0) is 13.0 Å². The number of anilines is 1. The van der Waals surface area contributed by atoms with Crippen LogP contribution in [0, 0.1) is 6.92 Å². The molecule has 0 unspecified atom stereocenters. The fourth-order valence-electron chi connectivity index (χ4n) is 2.85. The third kappa shape index (κ3) is 2.95. The maximum Gasteiger partial charge on any atom is 0.259 e. The number of aryl methyl sites for hydroxylation is 1. The maximum atomic E-state index is 12.5. The molecule has 4 rings (SSSR count). The van der Waals surface area contributed by atoms with Gasteiger partial charge in [-0.1, -0.05) is 5.16 Å². The molecule has 25 heavy (non-hydrogen) atoms. The van der Waals surface area contributed by atoms with Crippen molar-refractivity contribution < 1.29 is 9.32 Å². The zero-order valence-electron chi connectivity index (χ0n) is 13.7. The predicted molar refractivity (Wildman–Crippen MR) is 88.5 cm³/mol. The molecule has 128 valence electrons. The van der Waals surface area contributed by atoms with Crippen LogP contribution in [0.3, 0.4) is 0 Å². The molecular formula is C16H17N7O2. The molecule has 1 amide bonds. The zero-order chi connectivity index (χ0) is 17.2. The van der Waals surface area contributed by atoms with Crippen molar-refractivity contribution in [2.45, 2.75) is 6.92 Å². The van der Waals surface area contributed by atoms with Crippen LogP contribution in [-0.4, -0.2) is 61.9 Å². The molecule has 3 aromatic rings. The van der Waals surface area contributed by atoms with E-state index in [9.17, 15) is 4.79 Å². The number of piperazine rings is 1. The van der Waals surface area contributed by atoms with Crippen LogP contribution in [0.1, 0.15) is 16.1 Å². The minimum Gasteiger partial charge on any atom is -0.361 e. The van der Waals surface area contributed by atoms with Crippen LogP contribution in [0.2, 0.25) is 0 Å². The molecule has 1 aliphatic rings. The van der Waals surface area contributed by atoms with Crippen molar-refractivity contribution in [3.63, 3.8) is 0 Å². The summed E-state index contributed by atoms with van der Waals surface area (Å²) in [5.74, 6) is 2.05. The number of aromatic nitrogens is 5. The van der Waals surface area contributed by atoms with Crippen molar-refractivity contribution in [2.75, 3.05) is 31.1 Å². The van der Waals surface area contributed by atoms with E-state index >= 15 is 0 Å². The number of hydrogen-bond acceptors (Lipinski definition) is 7. The Kier molecular flexibility index (Phi) is 3.88. The highest BCUT2D eigenvalue weighted by atomic mass is 16.5. The first-order valence-corrected chi connectivity index (χ1v) is 8.00. The Morgan fingerprint density at radius 2 is 1.96 bits per heavy atom. The van der Waals surface area contributed by atoms with Gasteiger partial charge in [0.2, 0.25) is 0 Å². The third-order valence-electron chi connectivity index (χ3n) is 4.25. The van der Waals surface area contributed by atoms with Crippen molar-refractivity contribution in [1.29, 1.82) is 0 Å². The van der Waals surface area contributed by atoms with E-state index in [1.165, 1.54) is 12.5 Å². The molecule has 1 saturated heterocycles. The fourth-order valence-corrected chi connectivity index (χ4v) is 2.85. The van der Waals surface area contributed by atoms with E-state index in [1.807, 2.05) is 23.2 Å². The van der Waals surface area contributed by atoms with Crippen LogP contribution in [0.4, 0.5) is 5.82 Å². The number of hydrogen-bond donors (Lipinski definition) is 0. The average molecular weight is 339 g/mol. The van der Waals surface area contributed by atoms with Gasteiger partial charge in [0.25, 0.3) is 5.91 Å². The van der Waals surface area contributed by atoms with E-state index in [1.54, 1.807) is 17.8 Å². The normalized spacial score (nSPS) is 14.8. The van der Waals surface area contributed by atoms with Crippen molar-refractivity contribution >= 4 is 11.7 Å². The quantitative estimate of drug-likeness (QED) is 0.700. The highest BCUT2D eigenvalue weighted by Crippen LogP contribution is 2.17. The van der Waals surface area contributed by atoms with Crippen molar-refractivity contribution in [3.8, 4) is 5.82 Å². The second kappa shape index (κ2) is 6.34. The van der Waals surface area contributed by atoms with Gasteiger partial charge in [-0.15, -0.1) is 0 Å². The standard InChI is InChI=1S/C16H17N7O2/c1-12-13(10-20-25-12)16(24)22-7-5-21(6-8-22)14-9-15(18-11-17-14)23-4-2-3-19-23/h2-4,9-11H,5-8H2,1H3. The van der Waals surface area contributed by atoms with E-state index in [4.69, 9.17) is 4.52 Å². The average Bonchev–Trinajstić information content (AvgIpc) is 3.33. The molecule has 4 heterocycles. The molecule has 1 aliphatic heterocycles. The van der Waals surface area contributed by atoms with Crippen molar-refractivity contribution in [3.05, 3.63) is 48.4 Å². The molecule has 0 saturated carbocycles. The van der Waals surface area contributed by atoms with Crippen LogP contribution < -0.4 is 4.90 Å². The lowest BCUT2D eigenvalue weighted by atomic mass is 10.2. The summed E-state index contributed by atoms with van der Waals surface area (Å²) < 4.78 is 6.68. The number of rotatable bonds is 3. The Morgan fingerprint density at radius 1 is 1.16 bits per heavy atom. The molecule has 0 N–H and O–H groups in total. The SMILES string of the molecule is Cc1oncc1C(=O)N1CCN(c2cc(-n3cccn3)ncn2)CC1. The second-order valence-electron chi connectivity index (χ2n) is 5.76. The highest BCUT2D eigenvalue weighted by molar-refractivity contribution is 5.94. The molecular weight excluding hydrogens is 322 g/mol. The van der Waals surface area contributed by atoms with E-state index in [-0.39, 0.29) is 5.91 Å². The van der Waals surface area contributed by atoms with Crippen molar-refractivity contribution in [1.82, 2.24) is 29.8 Å². The van der Waals surface area contributed by atoms with Gasteiger partial charge in [0.05, 0.1) is 6.20 Å². The van der Waals surface area contributed by atoms with Crippen LogP contribution in [0.15, 0.2) is 41.6 Å². The molecule has 0 aromatic carbocycles. The van der Waals surface area contributed by atoms with E-state index in [0.717, 1.165) is 5.82 Å². The van der Waals surface area contributed by atoms with Crippen LogP contribution in [-0.2, 0) is 0 Å². The summed E-state index contributed by atoms with van der Waals surface area (Å²) in [5, 5.41) is 7.86. The topological polar surface area (TPSA) is 93.2 Å². The molecule has 3 aromatic heterocycles. The summed E-state index contributed by atoms with van der Waals surface area (Å²) in [6.45, 7) is 4.38. The smallest absolute Gasteiger partial charge is 0.259 e. The molecule has 9 heteroatoms. The van der Waals surface area contributed by atoms with E-state index in [0.29, 0.717) is 43.3 Å². The largest absolute Gasteiger partial charge is 0.361 e. The van der Waals surface area contributed by atoms with Gasteiger partial charge in [0.15, 0.2) is 5.82 Å². The van der Waals surface area contributed by atoms with Gasteiger partial charge in [-0.25, -0.2) is 14.6 Å². The first-order chi connectivity index (χ1) is 12.2. The molecule has 0 radical (unpaired) electrons. The van der Waals surface area contributed by atoms with Crippen molar-refractivity contribution in [2.24, 2.45) is 0 Å². The summed E-state index contributed by atoms with van der Waals surface area (Å²) in [7, 11) is 0. The number of carbonyl (C=O) groups excluding carboxylic acids is 1. The summed E-state index contributed by atoms with van der Waals surface area (Å²) in [4.78, 5) is 25.0. The molecule has 0 aliphatic carbocycles. The van der Waals surface area contributed by atoms with E-state index in [2.05, 4.69) is 25.1 Å². The van der Waals surface area contributed by atoms with Gasteiger partial charge in [-0.2, -0.15) is 5.10 Å². The van der Waals surface area contributed by atoms with E-state index < -0.39 is 0 Å². The van der Waals surface area contributed by atoms with Gasteiger partial charge in [0, 0.05) is 44.6 Å². The summed E-state index contributed by atoms with van der Waals surface area (Å²) in [5.41, 5.74) is 0.524. The Morgan fingerprint density at radius 3 is 2.64 bits per heavy atom. The Balaban J connectivity index is 1.45.